The highest BCUT2D eigenvalue weighted by molar-refractivity contribution is 5.87. The Morgan fingerprint density at radius 2 is 1.77 bits per heavy atom. The lowest BCUT2D eigenvalue weighted by atomic mass is 9.83. The number of pyridine rings is 1. The van der Waals surface area contributed by atoms with E-state index >= 15 is 0 Å². The number of allylic oxidation sites excluding steroid dienone is 1. The fraction of sp³-hybridized carbons (Fsp3) is 0.0526. The van der Waals surface area contributed by atoms with E-state index in [1.165, 1.54) is 6.07 Å². The van der Waals surface area contributed by atoms with Crippen LogP contribution < -0.4 is 16.0 Å². The first-order valence-corrected chi connectivity index (χ1v) is 7.69. The van der Waals surface area contributed by atoms with Crippen molar-refractivity contribution in [2.75, 3.05) is 0 Å². The van der Waals surface area contributed by atoms with Gasteiger partial charge in [0.2, 0.25) is 5.88 Å². The van der Waals surface area contributed by atoms with Crippen LogP contribution in [0.2, 0.25) is 0 Å². The lowest BCUT2D eigenvalue weighted by Crippen LogP contribution is -2.28. The number of para-hydroxylation sites is 1. The average molecular weight is 351 g/mol. The van der Waals surface area contributed by atoms with Crippen molar-refractivity contribution >= 4 is 10.9 Å². The minimum atomic E-state index is -1.31. The Bertz CT molecular complexity index is 1170. The zero-order chi connectivity index (χ0) is 18.4. The van der Waals surface area contributed by atoms with E-state index in [9.17, 15) is 18.8 Å². The maximum Gasteiger partial charge on any atom is 0.256 e. The molecular weight excluding hydrogens is 340 g/mol. The molecule has 3 N–H and O–H groups in total. The van der Waals surface area contributed by atoms with Gasteiger partial charge in [-0.1, -0.05) is 18.2 Å². The largest absolute Gasteiger partial charge is 0.439 e. The van der Waals surface area contributed by atoms with E-state index in [1.807, 2.05) is 6.07 Å². The van der Waals surface area contributed by atoms with Crippen LogP contribution in [0.4, 0.5) is 8.78 Å². The molecule has 1 aliphatic rings. The summed E-state index contributed by atoms with van der Waals surface area (Å²) in [4.78, 5) is 15.4. The van der Waals surface area contributed by atoms with Gasteiger partial charge >= 0.3 is 0 Å². The van der Waals surface area contributed by atoms with Crippen molar-refractivity contribution in [2.45, 2.75) is 5.92 Å². The fourth-order valence-electron chi connectivity index (χ4n) is 3.25. The smallest absolute Gasteiger partial charge is 0.256 e. The number of H-pyrrole nitrogens is 1. The molecule has 0 saturated heterocycles. The summed E-state index contributed by atoms with van der Waals surface area (Å²) in [5, 5.41) is 10.00. The fourth-order valence-corrected chi connectivity index (χ4v) is 3.25. The normalized spacial score (nSPS) is 16.1. The van der Waals surface area contributed by atoms with Gasteiger partial charge in [-0.2, -0.15) is 5.26 Å². The molecule has 0 aliphatic carbocycles. The molecule has 7 heteroatoms. The number of hydrogen-bond donors (Lipinski definition) is 2. The van der Waals surface area contributed by atoms with Crippen LogP contribution >= 0.6 is 0 Å². The first-order valence-electron chi connectivity index (χ1n) is 7.69. The number of fused-ring (bicyclic) bond motifs is 3. The van der Waals surface area contributed by atoms with Crippen molar-refractivity contribution in [1.29, 1.82) is 5.26 Å². The van der Waals surface area contributed by atoms with Gasteiger partial charge in [0.1, 0.15) is 29.0 Å². The average Bonchev–Trinajstić information content (AvgIpc) is 2.61. The molecule has 0 saturated carbocycles. The number of nitrogens with one attached hydrogen (secondary N) is 1. The van der Waals surface area contributed by atoms with E-state index in [0.717, 1.165) is 12.1 Å². The molecule has 0 bridgehead atoms. The zero-order valence-corrected chi connectivity index (χ0v) is 13.2. The first kappa shape index (κ1) is 15.8. The van der Waals surface area contributed by atoms with Gasteiger partial charge in [-0.15, -0.1) is 0 Å². The van der Waals surface area contributed by atoms with Gasteiger partial charge in [-0.25, -0.2) is 8.78 Å². The molecule has 128 valence electrons. The summed E-state index contributed by atoms with van der Waals surface area (Å²) in [6.07, 6.45) is 0. The number of aromatic amines is 1. The Labute approximate surface area is 145 Å². The Hall–Kier alpha value is -3.66. The second kappa shape index (κ2) is 5.70. The Morgan fingerprint density at radius 1 is 1.08 bits per heavy atom. The number of ether oxygens (including phenoxy) is 1. The SMILES string of the molecule is N#CC1=C(N)Oc2c(c(=O)[nH]c3ccccc23)C1c1c(F)cccc1F. The van der Waals surface area contributed by atoms with E-state index in [2.05, 4.69) is 4.98 Å². The third-order valence-electron chi connectivity index (χ3n) is 4.37. The van der Waals surface area contributed by atoms with E-state index in [-0.39, 0.29) is 22.8 Å². The molecule has 1 aliphatic heterocycles. The highest BCUT2D eigenvalue weighted by Crippen LogP contribution is 2.44. The molecule has 0 fully saturated rings. The molecule has 0 amide bonds. The van der Waals surface area contributed by atoms with Gasteiger partial charge in [-0.3, -0.25) is 4.79 Å². The predicted molar refractivity (Wildman–Crippen MR) is 90.2 cm³/mol. The van der Waals surface area contributed by atoms with Crippen molar-refractivity contribution in [1.82, 2.24) is 4.98 Å². The number of aromatic nitrogens is 1. The van der Waals surface area contributed by atoms with Gasteiger partial charge in [0.15, 0.2) is 0 Å². The second-order valence-electron chi connectivity index (χ2n) is 5.80. The number of benzene rings is 2. The Balaban J connectivity index is 2.15. The van der Waals surface area contributed by atoms with Crippen LogP contribution in [-0.2, 0) is 0 Å². The number of hydrogen-bond acceptors (Lipinski definition) is 4. The van der Waals surface area contributed by atoms with Gasteiger partial charge < -0.3 is 15.5 Å². The predicted octanol–water partition coefficient (Wildman–Crippen LogP) is 3.02. The summed E-state index contributed by atoms with van der Waals surface area (Å²) in [6, 6.07) is 11.9. The van der Waals surface area contributed by atoms with Crippen molar-refractivity contribution in [3.05, 3.63) is 87.0 Å². The van der Waals surface area contributed by atoms with Crippen LogP contribution in [0.3, 0.4) is 0 Å². The molecule has 5 nitrogen and oxygen atoms in total. The third-order valence-corrected chi connectivity index (χ3v) is 4.37. The highest BCUT2D eigenvalue weighted by atomic mass is 19.1. The van der Waals surface area contributed by atoms with Crippen LogP contribution in [0.15, 0.2) is 58.7 Å². The van der Waals surface area contributed by atoms with E-state index in [1.54, 1.807) is 24.3 Å². The van der Waals surface area contributed by atoms with Crippen LogP contribution in [0.5, 0.6) is 5.75 Å². The quantitative estimate of drug-likeness (QED) is 0.705. The van der Waals surface area contributed by atoms with Crippen LogP contribution in [0.25, 0.3) is 10.9 Å². The molecule has 1 unspecified atom stereocenters. The summed E-state index contributed by atoms with van der Waals surface area (Å²) in [7, 11) is 0. The molecule has 0 spiro atoms. The minimum absolute atomic E-state index is 0.0570. The summed E-state index contributed by atoms with van der Waals surface area (Å²) >= 11 is 0. The Kier molecular flexibility index (Phi) is 3.48. The maximum atomic E-state index is 14.4. The van der Waals surface area contributed by atoms with E-state index in [4.69, 9.17) is 10.5 Å². The second-order valence-corrected chi connectivity index (χ2v) is 5.80. The van der Waals surface area contributed by atoms with Crippen molar-refractivity contribution < 1.29 is 13.5 Å². The van der Waals surface area contributed by atoms with E-state index < -0.39 is 28.7 Å². The molecule has 26 heavy (non-hydrogen) atoms. The summed E-state index contributed by atoms with van der Waals surface area (Å²) < 4.78 is 34.4. The topological polar surface area (TPSA) is 91.9 Å². The molecule has 3 aromatic rings. The molecule has 1 atom stereocenters. The molecule has 1 aromatic heterocycles. The van der Waals surface area contributed by atoms with E-state index in [0.29, 0.717) is 10.9 Å². The number of halogens is 2. The van der Waals surface area contributed by atoms with Crippen molar-refractivity contribution in [3.63, 3.8) is 0 Å². The summed E-state index contributed by atoms with van der Waals surface area (Å²) in [5.41, 5.74) is 5.03. The van der Waals surface area contributed by atoms with Crippen LogP contribution in [-0.4, -0.2) is 4.98 Å². The number of nitrogens with zero attached hydrogens (tertiary/aromatic N) is 1. The molecule has 0 radical (unpaired) electrons. The number of rotatable bonds is 1. The third kappa shape index (κ3) is 2.16. The van der Waals surface area contributed by atoms with Gasteiger partial charge in [-0.05, 0) is 24.3 Å². The molecule has 2 aromatic carbocycles. The minimum Gasteiger partial charge on any atom is -0.439 e. The van der Waals surface area contributed by atoms with Gasteiger partial charge in [0, 0.05) is 10.9 Å². The lowest BCUT2D eigenvalue weighted by Gasteiger charge is -2.27. The number of nitriles is 1. The monoisotopic (exact) mass is 351 g/mol. The standard InChI is InChI=1S/C19H11F2N3O2/c20-11-5-3-6-12(21)15(11)14-10(8-22)18(23)26-17-9-4-1-2-7-13(9)24-19(25)16(14)17/h1-7,14H,23H2,(H,24,25). The molecule has 2 heterocycles. The maximum absolute atomic E-state index is 14.4. The number of nitrogens with two attached hydrogens (primary N) is 1. The van der Waals surface area contributed by atoms with Crippen molar-refractivity contribution in [2.24, 2.45) is 5.73 Å². The molecular formula is C19H11F2N3O2. The van der Waals surface area contributed by atoms with Crippen LogP contribution in [0, 0.1) is 23.0 Å². The van der Waals surface area contributed by atoms with Crippen LogP contribution in [0.1, 0.15) is 17.0 Å². The summed E-state index contributed by atoms with van der Waals surface area (Å²) in [6.45, 7) is 0. The Morgan fingerprint density at radius 3 is 2.46 bits per heavy atom. The van der Waals surface area contributed by atoms with Gasteiger partial charge in [0.05, 0.1) is 17.0 Å². The van der Waals surface area contributed by atoms with Crippen molar-refractivity contribution in [3.8, 4) is 11.8 Å². The zero-order valence-electron chi connectivity index (χ0n) is 13.2. The summed E-state index contributed by atoms with van der Waals surface area (Å²) in [5.74, 6) is -3.26. The van der Waals surface area contributed by atoms with Gasteiger partial charge in [0.25, 0.3) is 5.56 Å². The first-order chi connectivity index (χ1) is 12.5. The highest BCUT2D eigenvalue weighted by Gasteiger charge is 2.37. The molecule has 4 rings (SSSR count). The lowest BCUT2D eigenvalue weighted by molar-refractivity contribution is 0.394.